The molecular formula is C16H23BrN2O. The van der Waals surface area contributed by atoms with E-state index in [2.05, 4.69) is 50.0 Å². The third-order valence-corrected chi connectivity index (χ3v) is 4.90. The molecule has 0 saturated carbocycles. The van der Waals surface area contributed by atoms with Crippen LogP contribution in [0.4, 0.5) is 0 Å². The minimum absolute atomic E-state index is 0.605. The molecule has 0 spiro atoms. The first kappa shape index (κ1) is 14.5. The van der Waals surface area contributed by atoms with Gasteiger partial charge in [-0.2, -0.15) is 0 Å². The fourth-order valence-corrected chi connectivity index (χ4v) is 3.70. The van der Waals surface area contributed by atoms with Crippen molar-refractivity contribution in [3.8, 4) is 0 Å². The third kappa shape index (κ3) is 3.61. The molecule has 2 aliphatic heterocycles. The van der Waals surface area contributed by atoms with E-state index in [0.717, 1.165) is 26.3 Å². The Hall–Kier alpha value is -0.420. The predicted octanol–water partition coefficient (Wildman–Crippen LogP) is 2.92. The molecule has 20 heavy (non-hydrogen) atoms. The molecule has 4 heteroatoms. The van der Waals surface area contributed by atoms with Crippen LogP contribution < -0.4 is 0 Å². The van der Waals surface area contributed by atoms with E-state index in [0.29, 0.717) is 6.04 Å². The van der Waals surface area contributed by atoms with Crippen LogP contribution in [0.5, 0.6) is 0 Å². The number of hydrogen-bond donors (Lipinski definition) is 0. The smallest absolute Gasteiger partial charge is 0.0594 e. The van der Waals surface area contributed by atoms with Gasteiger partial charge in [0.2, 0.25) is 0 Å². The molecule has 0 radical (unpaired) electrons. The number of hydrogen-bond acceptors (Lipinski definition) is 3. The average Bonchev–Trinajstić information content (AvgIpc) is 2.95. The van der Waals surface area contributed by atoms with E-state index >= 15 is 0 Å². The van der Waals surface area contributed by atoms with Crippen molar-refractivity contribution in [3.63, 3.8) is 0 Å². The van der Waals surface area contributed by atoms with E-state index in [1.165, 1.54) is 42.5 Å². The summed E-state index contributed by atoms with van der Waals surface area (Å²) < 4.78 is 6.60. The summed E-state index contributed by atoms with van der Waals surface area (Å²) in [4.78, 5) is 5.18. The van der Waals surface area contributed by atoms with Gasteiger partial charge in [0, 0.05) is 36.7 Å². The minimum Gasteiger partial charge on any atom is -0.379 e. The van der Waals surface area contributed by atoms with Crippen molar-refractivity contribution in [3.05, 3.63) is 34.3 Å². The van der Waals surface area contributed by atoms with Crippen molar-refractivity contribution in [2.45, 2.75) is 18.9 Å². The Kier molecular flexibility index (Phi) is 5.10. The van der Waals surface area contributed by atoms with E-state index in [9.17, 15) is 0 Å². The number of rotatable bonds is 4. The van der Waals surface area contributed by atoms with Crippen LogP contribution in [0.2, 0.25) is 0 Å². The molecule has 1 aromatic carbocycles. The summed E-state index contributed by atoms with van der Waals surface area (Å²) in [7, 11) is 0. The number of benzene rings is 1. The van der Waals surface area contributed by atoms with E-state index < -0.39 is 0 Å². The molecule has 3 rings (SSSR count). The van der Waals surface area contributed by atoms with Gasteiger partial charge in [-0.1, -0.05) is 28.1 Å². The molecule has 2 aliphatic rings. The van der Waals surface area contributed by atoms with Crippen LogP contribution in [0.15, 0.2) is 28.7 Å². The van der Waals surface area contributed by atoms with Crippen LogP contribution in [-0.4, -0.2) is 55.7 Å². The minimum atomic E-state index is 0.605. The normalized spacial score (nSPS) is 25.1. The lowest BCUT2D eigenvalue weighted by Crippen LogP contribution is -2.41. The molecule has 2 heterocycles. The Bertz CT molecular complexity index is 434. The Morgan fingerprint density at radius 1 is 1.15 bits per heavy atom. The highest BCUT2D eigenvalue weighted by Crippen LogP contribution is 2.32. The van der Waals surface area contributed by atoms with Crippen LogP contribution >= 0.6 is 15.9 Å². The first-order valence-electron chi connectivity index (χ1n) is 7.62. The summed E-state index contributed by atoms with van der Waals surface area (Å²) in [5, 5.41) is 0. The highest BCUT2D eigenvalue weighted by atomic mass is 79.9. The molecular weight excluding hydrogens is 316 g/mol. The summed E-state index contributed by atoms with van der Waals surface area (Å²) in [6, 6.07) is 9.41. The number of likely N-dealkylation sites (tertiary alicyclic amines) is 1. The zero-order valence-electron chi connectivity index (χ0n) is 11.9. The molecule has 0 bridgehead atoms. The number of nitrogens with zero attached hydrogens (tertiary/aromatic N) is 2. The van der Waals surface area contributed by atoms with Gasteiger partial charge in [-0.05, 0) is 37.1 Å². The average molecular weight is 339 g/mol. The zero-order valence-corrected chi connectivity index (χ0v) is 13.5. The summed E-state index contributed by atoms with van der Waals surface area (Å²) in [5.41, 5.74) is 1.46. The number of morpholine rings is 1. The van der Waals surface area contributed by atoms with Crippen LogP contribution in [0.3, 0.4) is 0 Å². The van der Waals surface area contributed by atoms with E-state index in [-0.39, 0.29) is 0 Å². The van der Waals surface area contributed by atoms with Crippen molar-refractivity contribution in [1.29, 1.82) is 0 Å². The molecule has 3 nitrogen and oxygen atoms in total. The standard InChI is InChI=1S/C16H23BrN2O/c17-15-4-1-3-14(13-15)16-5-2-6-19(16)8-7-18-9-11-20-12-10-18/h1,3-4,13,16H,2,5-12H2. The van der Waals surface area contributed by atoms with Crippen LogP contribution in [-0.2, 0) is 4.74 Å². The Morgan fingerprint density at radius 2 is 2.00 bits per heavy atom. The second-order valence-electron chi connectivity index (χ2n) is 5.70. The third-order valence-electron chi connectivity index (χ3n) is 4.40. The SMILES string of the molecule is Brc1cccc(C2CCCN2CCN2CCOCC2)c1. The van der Waals surface area contributed by atoms with E-state index in [1.54, 1.807) is 0 Å². The van der Waals surface area contributed by atoms with Gasteiger partial charge in [0.05, 0.1) is 13.2 Å². The van der Waals surface area contributed by atoms with Crippen molar-refractivity contribution < 1.29 is 4.74 Å². The summed E-state index contributed by atoms with van der Waals surface area (Å²) in [5.74, 6) is 0. The Labute approximate surface area is 130 Å². The van der Waals surface area contributed by atoms with Gasteiger partial charge in [-0.15, -0.1) is 0 Å². The van der Waals surface area contributed by atoms with Gasteiger partial charge in [0.15, 0.2) is 0 Å². The second-order valence-corrected chi connectivity index (χ2v) is 6.62. The fourth-order valence-electron chi connectivity index (χ4n) is 3.28. The van der Waals surface area contributed by atoms with Gasteiger partial charge in [0.1, 0.15) is 0 Å². The summed E-state index contributed by atoms with van der Waals surface area (Å²) in [6.45, 7) is 7.57. The molecule has 0 amide bonds. The van der Waals surface area contributed by atoms with Crippen molar-refractivity contribution >= 4 is 15.9 Å². The molecule has 2 fully saturated rings. The second kappa shape index (κ2) is 7.03. The van der Waals surface area contributed by atoms with Crippen molar-refractivity contribution in [2.24, 2.45) is 0 Å². The molecule has 1 aromatic rings. The van der Waals surface area contributed by atoms with Gasteiger partial charge >= 0.3 is 0 Å². The molecule has 110 valence electrons. The van der Waals surface area contributed by atoms with Gasteiger partial charge in [-0.25, -0.2) is 0 Å². The van der Waals surface area contributed by atoms with Crippen LogP contribution in [0, 0.1) is 0 Å². The monoisotopic (exact) mass is 338 g/mol. The number of halogens is 1. The molecule has 0 aliphatic carbocycles. The predicted molar refractivity (Wildman–Crippen MR) is 84.9 cm³/mol. The molecule has 0 aromatic heterocycles. The zero-order chi connectivity index (χ0) is 13.8. The number of ether oxygens (including phenoxy) is 1. The van der Waals surface area contributed by atoms with Crippen molar-refractivity contribution in [1.82, 2.24) is 9.80 Å². The largest absolute Gasteiger partial charge is 0.379 e. The van der Waals surface area contributed by atoms with Crippen molar-refractivity contribution in [2.75, 3.05) is 45.9 Å². The Balaban J connectivity index is 1.58. The topological polar surface area (TPSA) is 15.7 Å². The molecule has 0 N–H and O–H groups in total. The van der Waals surface area contributed by atoms with E-state index in [1.807, 2.05) is 0 Å². The molecule has 2 saturated heterocycles. The lowest BCUT2D eigenvalue weighted by atomic mass is 10.0. The van der Waals surface area contributed by atoms with Gasteiger partial charge in [-0.3, -0.25) is 9.80 Å². The molecule has 1 atom stereocenters. The first-order chi connectivity index (χ1) is 9.83. The van der Waals surface area contributed by atoms with Crippen LogP contribution in [0.1, 0.15) is 24.4 Å². The maximum atomic E-state index is 5.41. The van der Waals surface area contributed by atoms with E-state index in [4.69, 9.17) is 4.74 Å². The van der Waals surface area contributed by atoms with Gasteiger partial charge < -0.3 is 4.74 Å². The molecule has 1 unspecified atom stereocenters. The first-order valence-corrected chi connectivity index (χ1v) is 8.42. The highest BCUT2D eigenvalue weighted by Gasteiger charge is 2.26. The highest BCUT2D eigenvalue weighted by molar-refractivity contribution is 9.10. The lowest BCUT2D eigenvalue weighted by Gasteiger charge is -2.31. The quantitative estimate of drug-likeness (QED) is 0.839. The summed E-state index contributed by atoms with van der Waals surface area (Å²) >= 11 is 3.59. The Morgan fingerprint density at radius 3 is 2.80 bits per heavy atom. The summed E-state index contributed by atoms with van der Waals surface area (Å²) in [6.07, 6.45) is 2.61. The van der Waals surface area contributed by atoms with Gasteiger partial charge in [0.25, 0.3) is 0 Å². The maximum absolute atomic E-state index is 5.41. The van der Waals surface area contributed by atoms with Crippen LogP contribution in [0.25, 0.3) is 0 Å². The fraction of sp³-hybridized carbons (Fsp3) is 0.625. The maximum Gasteiger partial charge on any atom is 0.0594 e. The lowest BCUT2D eigenvalue weighted by molar-refractivity contribution is 0.0327.